The monoisotopic (exact) mass is 364 g/mol. The highest BCUT2D eigenvalue weighted by atomic mass is 79.9. The molecule has 0 aliphatic heterocycles. The van der Waals surface area contributed by atoms with Gasteiger partial charge in [0, 0.05) is 21.5 Å². The molecule has 3 N–H and O–H groups in total. The van der Waals surface area contributed by atoms with Crippen molar-refractivity contribution in [2.45, 2.75) is 35.4 Å². The second kappa shape index (κ2) is 6.03. The number of nitrogens with two attached hydrogens (primary N) is 1. The third-order valence-corrected chi connectivity index (χ3v) is 6.72. The first-order chi connectivity index (χ1) is 8.94. The molecule has 1 aliphatic carbocycles. The van der Waals surface area contributed by atoms with Gasteiger partial charge in [-0.15, -0.1) is 0 Å². The number of nitrogen functional groups attached to an aromatic ring is 1. The van der Waals surface area contributed by atoms with Gasteiger partial charge >= 0.3 is 0 Å². The quantitative estimate of drug-likeness (QED) is 0.805. The van der Waals surface area contributed by atoms with Crippen LogP contribution in [0.4, 0.5) is 5.69 Å². The van der Waals surface area contributed by atoms with Crippen LogP contribution in [-0.2, 0) is 10.0 Å². The van der Waals surface area contributed by atoms with Gasteiger partial charge in [-0.05, 0) is 53.2 Å². The van der Waals surface area contributed by atoms with E-state index in [9.17, 15) is 8.42 Å². The number of thioether (sulfide) groups is 1. The highest BCUT2D eigenvalue weighted by Crippen LogP contribution is 2.30. The van der Waals surface area contributed by atoms with Crippen LogP contribution in [0, 0.1) is 0 Å². The van der Waals surface area contributed by atoms with Crippen LogP contribution in [-0.4, -0.2) is 26.0 Å². The number of benzene rings is 1. The number of rotatable bonds is 4. The molecule has 0 aromatic heterocycles. The van der Waals surface area contributed by atoms with Crippen molar-refractivity contribution in [2.24, 2.45) is 0 Å². The van der Waals surface area contributed by atoms with E-state index >= 15 is 0 Å². The van der Waals surface area contributed by atoms with Crippen molar-refractivity contribution in [3.63, 3.8) is 0 Å². The Kier molecular flexibility index (Phi) is 4.81. The van der Waals surface area contributed by atoms with Crippen LogP contribution in [0.3, 0.4) is 0 Å². The number of hydrogen-bond donors (Lipinski definition) is 2. The summed E-state index contributed by atoms with van der Waals surface area (Å²) in [7, 11) is -3.49. The van der Waals surface area contributed by atoms with Crippen LogP contribution in [0.1, 0.15) is 19.3 Å². The van der Waals surface area contributed by atoms with Gasteiger partial charge in [0.2, 0.25) is 10.0 Å². The smallest absolute Gasteiger partial charge is 0.240 e. The summed E-state index contributed by atoms with van der Waals surface area (Å²) in [6.45, 7) is 0. The van der Waals surface area contributed by atoms with Gasteiger partial charge in [0.05, 0.1) is 4.90 Å². The molecular formula is C12H17BrN2O2S2. The molecule has 2 rings (SSSR count). The number of anilines is 1. The van der Waals surface area contributed by atoms with E-state index in [-0.39, 0.29) is 10.9 Å². The second-order valence-electron chi connectivity index (χ2n) is 4.62. The molecule has 106 valence electrons. The van der Waals surface area contributed by atoms with Crippen LogP contribution in [0.2, 0.25) is 0 Å². The van der Waals surface area contributed by atoms with Gasteiger partial charge in [-0.25, -0.2) is 13.1 Å². The van der Waals surface area contributed by atoms with E-state index < -0.39 is 10.0 Å². The summed E-state index contributed by atoms with van der Waals surface area (Å²) in [5.41, 5.74) is 6.16. The lowest BCUT2D eigenvalue weighted by Crippen LogP contribution is -2.38. The summed E-state index contributed by atoms with van der Waals surface area (Å²) in [6.07, 6.45) is 5.06. The van der Waals surface area contributed by atoms with Crippen LogP contribution in [0.15, 0.2) is 27.6 Å². The zero-order valence-corrected chi connectivity index (χ0v) is 13.8. The fourth-order valence-electron chi connectivity index (χ4n) is 2.30. The maximum atomic E-state index is 12.3. The second-order valence-corrected chi connectivity index (χ2v) is 8.26. The minimum Gasteiger partial charge on any atom is -0.398 e. The summed E-state index contributed by atoms with van der Waals surface area (Å²) < 4.78 is 28.1. The molecule has 2 unspecified atom stereocenters. The van der Waals surface area contributed by atoms with Gasteiger partial charge in [0.15, 0.2) is 0 Å². The van der Waals surface area contributed by atoms with E-state index in [1.807, 2.05) is 6.26 Å². The van der Waals surface area contributed by atoms with E-state index in [0.717, 1.165) is 19.3 Å². The lowest BCUT2D eigenvalue weighted by molar-refractivity contribution is 0.555. The van der Waals surface area contributed by atoms with Crippen molar-refractivity contribution in [1.82, 2.24) is 4.72 Å². The van der Waals surface area contributed by atoms with E-state index in [4.69, 9.17) is 5.73 Å². The molecule has 0 amide bonds. The predicted octanol–water partition coefficient (Wildman–Crippen LogP) is 2.59. The number of halogens is 1. The third kappa shape index (κ3) is 3.45. The Morgan fingerprint density at radius 2 is 2.16 bits per heavy atom. The first-order valence-corrected chi connectivity index (χ1v) is 9.60. The standard InChI is InChI=1S/C12H17BrN2O2S2/c1-18-12-4-2-3-11(12)15-19(16,17)8-5-6-9(13)10(14)7-8/h5-7,11-12,15H,2-4,14H2,1H3. The molecule has 1 aliphatic rings. The van der Waals surface area contributed by atoms with Gasteiger partial charge in [-0.3, -0.25) is 0 Å². The molecular weight excluding hydrogens is 348 g/mol. The summed E-state index contributed by atoms with van der Waals surface area (Å²) in [6, 6.07) is 4.72. The topological polar surface area (TPSA) is 72.2 Å². The minimum atomic E-state index is -3.49. The van der Waals surface area contributed by atoms with Crippen molar-refractivity contribution in [2.75, 3.05) is 12.0 Å². The van der Waals surface area contributed by atoms with Gasteiger partial charge in [-0.1, -0.05) is 6.42 Å². The zero-order valence-electron chi connectivity index (χ0n) is 10.6. The molecule has 2 atom stereocenters. The van der Waals surface area contributed by atoms with Crippen LogP contribution in [0.25, 0.3) is 0 Å². The molecule has 0 spiro atoms. The Morgan fingerprint density at radius 1 is 1.42 bits per heavy atom. The first kappa shape index (κ1) is 15.2. The summed E-state index contributed by atoms with van der Waals surface area (Å²) >= 11 is 4.98. The van der Waals surface area contributed by atoms with Gasteiger partial charge in [0.25, 0.3) is 0 Å². The third-order valence-electron chi connectivity index (χ3n) is 3.34. The summed E-state index contributed by atoms with van der Waals surface area (Å²) in [5, 5.41) is 0.363. The van der Waals surface area contributed by atoms with Gasteiger partial charge in [0.1, 0.15) is 0 Å². The highest BCUT2D eigenvalue weighted by Gasteiger charge is 2.30. The van der Waals surface area contributed by atoms with Gasteiger partial charge in [-0.2, -0.15) is 11.8 Å². The van der Waals surface area contributed by atoms with E-state index in [1.54, 1.807) is 23.9 Å². The number of nitrogens with one attached hydrogen (secondary N) is 1. The number of sulfonamides is 1. The Hall–Kier alpha value is -0.240. The SMILES string of the molecule is CSC1CCCC1NS(=O)(=O)c1ccc(Br)c(N)c1. The maximum absolute atomic E-state index is 12.3. The van der Waals surface area contributed by atoms with E-state index in [1.165, 1.54) is 6.07 Å². The fourth-order valence-corrected chi connectivity index (χ4v) is 4.91. The molecule has 4 nitrogen and oxygen atoms in total. The van der Waals surface area contributed by atoms with Crippen molar-refractivity contribution in [3.05, 3.63) is 22.7 Å². The Balaban J connectivity index is 2.20. The first-order valence-electron chi connectivity index (χ1n) is 6.04. The molecule has 1 aromatic carbocycles. The molecule has 1 aromatic rings. The van der Waals surface area contributed by atoms with Crippen LogP contribution in [0.5, 0.6) is 0 Å². The molecule has 0 saturated heterocycles. The minimum absolute atomic E-state index is 0.0184. The van der Waals surface area contributed by atoms with Crippen molar-refractivity contribution in [1.29, 1.82) is 0 Å². The summed E-state index contributed by atoms with van der Waals surface area (Å²) in [4.78, 5) is 0.222. The van der Waals surface area contributed by atoms with Gasteiger partial charge < -0.3 is 5.73 Å². The largest absolute Gasteiger partial charge is 0.398 e. The van der Waals surface area contributed by atoms with Crippen molar-refractivity contribution >= 4 is 43.4 Å². The fraction of sp³-hybridized carbons (Fsp3) is 0.500. The lowest BCUT2D eigenvalue weighted by atomic mass is 10.3. The van der Waals surface area contributed by atoms with Crippen molar-refractivity contribution < 1.29 is 8.42 Å². The van der Waals surface area contributed by atoms with Crippen LogP contribution < -0.4 is 10.5 Å². The summed E-state index contributed by atoms with van der Waals surface area (Å²) in [5.74, 6) is 0. The maximum Gasteiger partial charge on any atom is 0.240 e. The van der Waals surface area contributed by atoms with E-state index in [2.05, 4.69) is 20.7 Å². The number of hydrogen-bond acceptors (Lipinski definition) is 4. The molecule has 7 heteroatoms. The van der Waals surface area contributed by atoms with E-state index in [0.29, 0.717) is 15.4 Å². The molecule has 0 bridgehead atoms. The average molecular weight is 365 g/mol. The Labute approximate surface area is 126 Å². The average Bonchev–Trinajstić information content (AvgIpc) is 2.79. The normalized spacial score (nSPS) is 23.7. The zero-order chi connectivity index (χ0) is 14.0. The Bertz CT molecular complexity index is 563. The van der Waals surface area contributed by atoms with Crippen LogP contribution >= 0.6 is 27.7 Å². The Morgan fingerprint density at radius 3 is 2.79 bits per heavy atom. The lowest BCUT2D eigenvalue weighted by Gasteiger charge is -2.19. The predicted molar refractivity (Wildman–Crippen MR) is 83.8 cm³/mol. The molecule has 19 heavy (non-hydrogen) atoms. The highest BCUT2D eigenvalue weighted by molar-refractivity contribution is 9.10. The molecule has 0 heterocycles. The molecule has 1 fully saturated rings. The molecule has 1 saturated carbocycles. The molecule has 0 radical (unpaired) electrons. The van der Waals surface area contributed by atoms with Crippen molar-refractivity contribution in [3.8, 4) is 0 Å².